The largest absolute Gasteiger partial charge is 0.481 e. The topological polar surface area (TPSA) is 52.8 Å². The summed E-state index contributed by atoms with van der Waals surface area (Å²) in [6, 6.07) is 2.10. The molecule has 0 aliphatic heterocycles. The molecule has 0 fully saturated rings. The van der Waals surface area contributed by atoms with Crippen molar-refractivity contribution in [3.8, 4) is 17.4 Å². The highest BCUT2D eigenvalue weighted by molar-refractivity contribution is 5.51. The van der Waals surface area contributed by atoms with E-state index < -0.39 is 0 Å². The zero-order valence-electron chi connectivity index (χ0n) is 11.4. The van der Waals surface area contributed by atoms with Gasteiger partial charge in [-0.25, -0.2) is 14.6 Å². The molecular weight excluding hydrogens is 228 g/mol. The van der Waals surface area contributed by atoms with Crippen molar-refractivity contribution in [1.29, 1.82) is 0 Å². The van der Waals surface area contributed by atoms with Gasteiger partial charge in [0.25, 0.3) is 0 Å². The molecule has 0 radical (unpaired) electrons. The number of hydrogen-bond acceptors (Lipinski definition) is 4. The first-order valence-electron chi connectivity index (χ1n) is 5.97. The zero-order valence-corrected chi connectivity index (χ0v) is 11.4. The minimum Gasteiger partial charge on any atom is -0.481 e. The minimum absolute atomic E-state index is 0.236. The summed E-state index contributed by atoms with van der Waals surface area (Å²) in [6.07, 6.45) is 1.82. The fraction of sp³-hybridized carbons (Fsp3) is 0.462. The fourth-order valence-electron chi connectivity index (χ4n) is 1.66. The van der Waals surface area contributed by atoms with Crippen molar-refractivity contribution in [2.45, 2.75) is 33.7 Å². The van der Waals surface area contributed by atoms with E-state index in [2.05, 4.69) is 28.9 Å². The van der Waals surface area contributed by atoms with Gasteiger partial charge in [-0.1, -0.05) is 0 Å². The van der Waals surface area contributed by atoms with Crippen molar-refractivity contribution in [1.82, 2.24) is 19.7 Å². The highest BCUT2D eigenvalue weighted by Gasteiger charge is 2.14. The number of methoxy groups -OCH3 is 1. The van der Waals surface area contributed by atoms with Crippen molar-refractivity contribution in [3.63, 3.8) is 0 Å². The summed E-state index contributed by atoms with van der Waals surface area (Å²) < 4.78 is 7.13. The van der Waals surface area contributed by atoms with Crippen LogP contribution in [0.5, 0.6) is 5.88 Å². The molecule has 5 heteroatoms. The highest BCUT2D eigenvalue weighted by Crippen LogP contribution is 2.23. The van der Waals surface area contributed by atoms with Crippen LogP contribution >= 0.6 is 0 Å². The Bertz CT molecular complexity index is 560. The Kier molecular flexibility index (Phi) is 3.32. The second kappa shape index (κ2) is 4.76. The third-order valence-electron chi connectivity index (χ3n) is 2.85. The van der Waals surface area contributed by atoms with Crippen LogP contribution in [0.3, 0.4) is 0 Å². The van der Waals surface area contributed by atoms with Crippen molar-refractivity contribution >= 4 is 0 Å². The van der Waals surface area contributed by atoms with Gasteiger partial charge in [-0.2, -0.15) is 5.10 Å². The van der Waals surface area contributed by atoms with E-state index in [-0.39, 0.29) is 6.04 Å². The summed E-state index contributed by atoms with van der Waals surface area (Å²) in [4.78, 5) is 8.76. The van der Waals surface area contributed by atoms with Gasteiger partial charge >= 0.3 is 0 Å². The number of hydrogen-bond donors (Lipinski definition) is 0. The lowest BCUT2D eigenvalue weighted by Crippen LogP contribution is -2.05. The van der Waals surface area contributed by atoms with Crippen LogP contribution in [-0.4, -0.2) is 26.9 Å². The molecule has 0 saturated heterocycles. The molecule has 5 nitrogen and oxygen atoms in total. The molecule has 96 valence electrons. The molecule has 0 aromatic carbocycles. The van der Waals surface area contributed by atoms with Crippen LogP contribution in [0.25, 0.3) is 11.5 Å². The average molecular weight is 246 g/mol. The summed E-state index contributed by atoms with van der Waals surface area (Å²) in [5.41, 5.74) is 2.79. The van der Waals surface area contributed by atoms with E-state index in [4.69, 9.17) is 4.74 Å². The molecule has 2 aromatic rings. The predicted molar refractivity (Wildman–Crippen MR) is 69.7 cm³/mol. The van der Waals surface area contributed by atoms with E-state index in [0.717, 1.165) is 22.8 Å². The Morgan fingerprint density at radius 2 is 2.00 bits per heavy atom. The Morgan fingerprint density at radius 3 is 2.50 bits per heavy atom. The van der Waals surface area contributed by atoms with Crippen molar-refractivity contribution in [3.05, 3.63) is 23.5 Å². The van der Waals surface area contributed by atoms with Crippen LogP contribution in [0.15, 0.2) is 12.3 Å². The van der Waals surface area contributed by atoms with E-state index in [1.54, 1.807) is 7.11 Å². The molecule has 0 amide bonds. The molecule has 2 rings (SSSR count). The average Bonchev–Trinajstić information content (AvgIpc) is 2.77. The van der Waals surface area contributed by atoms with Crippen molar-refractivity contribution in [2.75, 3.05) is 7.11 Å². The van der Waals surface area contributed by atoms with Gasteiger partial charge in [0.2, 0.25) is 5.88 Å². The van der Waals surface area contributed by atoms with Gasteiger partial charge in [0.05, 0.1) is 13.2 Å². The standard InChI is InChI=1S/C13H18N4O/c1-8(2)17-12(18-5)6-11(16-17)13-14-7-9(3)10(4)15-13/h6-8H,1-5H3. The maximum absolute atomic E-state index is 5.31. The Hall–Kier alpha value is -1.91. The van der Waals surface area contributed by atoms with Crippen LogP contribution < -0.4 is 4.74 Å². The molecule has 0 N–H and O–H groups in total. The maximum atomic E-state index is 5.31. The van der Waals surface area contributed by atoms with Crippen LogP contribution in [0, 0.1) is 13.8 Å². The molecule has 0 aliphatic rings. The number of ether oxygens (including phenoxy) is 1. The van der Waals surface area contributed by atoms with E-state index >= 15 is 0 Å². The SMILES string of the molecule is COc1cc(-c2ncc(C)c(C)n2)nn1C(C)C. The Labute approximate surface area is 107 Å². The Morgan fingerprint density at radius 1 is 1.28 bits per heavy atom. The molecule has 0 aliphatic carbocycles. The summed E-state index contributed by atoms with van der Waals surface area (Å²) in [6.45, 7) is 8.07. The van der Waals surface area contributed by atoms with Crippen molar-refractivity contribution < 1.29 is 4.74 Å². The third kappa shape index (κ3) is 2.20. The summed E-state index contributed by atoms with van der Waals surface area (Å²) in [5.74, 6) is 1.36. The first-order chi connectivity index (χ1) is 8.52. The highest BCUT2D eigenvalue weighted by atomic mass is 16.5. The zero-order chi connectivity index (χ0) is 13.3. The summed E-state index contributed by atoms with van der Waals surface area (Å²) in [7, 11) is 1.64. The van der Waals surface area contributed by atoms with E-state index in [1.807, 2.05) is 30.8 Å². The number of aromatic nitrogens is 4. The molecule has 2 heterocycles. The lowest BCUT2D eigenvalue weighted by molar-refractivity contribution is 0.345. The van der Waals surface area contributed by atoms with E-state index in [0.29, 0.717) is 5.82 Å². The minimum atomic E-state index is 0.236. The monoisotopic (exact) mass is 246 g/mol. The molecule has 0 atom stereocenters. The van der Waals surface area contributed by atoms with Crippen molar-refractivity contribution in [2.24, 2.45) is 0 Å². The van der Waals surface area contributed by atoms with E-state index in [9.17, 15) is 0 Å². The molecule has 0 unspecified atom stereocenters. The number of rotatable bonds is 3. The molecule has 18 heavy (non-hydrogen) atoms. The van der Waals surface area contributed by atoms with Gasteiger partial charge in [0, 0.05) is 18.0 Å². The van der Waals surface area contributed by atoms with Gasteiger partial charge in [0.15, 0.2) is 5.82 Å². The van der Waals surface area contributed by atoms with Crippen LogP contribution in [0.4, 0.5) is 0 Å². The second-order valence-corrected chi connectivity index (χ2v) is 4.57. The summed E-state index contributed by atoms with van der Waals surface area (Å²) in [5, 5.41) is 4.49. The smallest absolute Gasteiger partial charge is 0.212 e. The molecular formula is C13H18N4O. The molecule has 0 saturated carbocycles. The van der Waals surface area contributed by atoms with Gasteiger partial charge < -0.3 is 4.74 Å². The molecule has 0 bridgehead atoms. The predicted octanol–water partition coefficient (Wildman–Crippen LogP) is 2.55. The van der Waals surface area contributed by atoms with Gasteiger partial charge in [0.1, 0.15) is 5.69 Å². The first-order valence-corrected chi connectivity index (χ1v) is 5.97. The second-order valence-electron chi connectivity index (χ2n) is 4.57. The lowest BCUT2D eigenvalue weighted by Gasteiger charge is -2.08. The number of nitrogens with zero attached hydrogens (tertiary/aromatic N) is 4. The maximum Gasteiger partial charge on any atom is 0.212 e. The van der Waals surface area contributed by atoms with Crippen LogP contribution in [0.1, 0.15) is 31.1 Å². The molecule has 0 spiro atoms. The lowest BCUT2D eigenvalue weighted by atomic mass is 10.2. The third-order valence-corrected chi connectivity index (χ3v) is 2.85. The van der Waals surface area contributed by atoms with Gasteiger partial charge in [-0.3, -0.25) is 0 Å². The van der Waals surface area contributed by atoms with E-state index in [1.165, 1.54) is 0 Å². The summed E-state index contributed by atoms with van der Waals surface area (Å²) >= 11 is 0. The molecule has 2 aromatic heterocycles. The first kappa shape index (κ1) is 12.5. The Balaban J connectivity index is 2.47. The quantitative estimate of drug-likeness (QED) is 0.835. The normalized spacial score (nSPS) is 11.0. The fourth-order valence-corrected chi connectivity index (χ4v) is 1.66. The van der Waals surface area contributed by atoms with Gasteiger partial charge in [-0.15, -0.1) is 0 Å². The number of aryl methyl sites for hydroxylation is 2. The van der Waals surface area contributed by atoms with Crippen LogP contribution in [0.2, 0.25) is 0 Å². The van der Waals surface area contributed by atoms with Gasteiger partial charge in [-0.05, 0) is 33.3 Å². The van der Waals surface area contributed by atoms with Crippen LogP contribution in [-0.2, 0) is 0 Å².